The lowest BCUT2D eigenvalue weighted by Gasteiger charge is -2.08. The van der Waals surface area contributed by atoms with Gasteiger partial charge in [-0.15, -0.1) is 0 Å². The Hall–Kier alpha value is -2.07. The largest absolute Gasteiger partial charge is 0.478 e. The van der Waals surface area contributed by atoms with Gasteiger partial charge in [-0.1, -0.05) is 11.6 Å². The molecule has 0 saturated heterocycles. The molecule has 0 heterocycles. The number of carbonyl (C=O) groups is 1. The molecule has 0 aliphatic carbocycles. The van der Waals surface area contributed by atoms with Gasteiger partial charge in [0, 0.05) is 6.07 Å². The number of rotatable bonds is 3. The second kappa shape index (κ2) is 5.28. The Bertz CT molecular complexity index is 641. The summed E-state index contributed by atoms with van der Waals surface area (Å²) in [5.74, 6) is -0.570. The lowest BCUT2D eigenvalue weighted by molar-refractivity contribution is 0.0697. The fraction of sp³-hybridized carbons (Fsp3) is 0.0714. The van der Waals surface area contributed by atoms with Crippen LogP contribution in [0.15, 0.2) is 36.4 Å². The van der Waals surface area contributed by atoms with Gasteiger partial charge in [0.1, 0.15) is 17.3 Å². The molecule has 0 saturated carbocycles. The van der Waals surface area contributed by atoms with E-state index in [1.807, 2.05) is 0 Å². The Kier molecular flexibility index (Phi) is 3.71. The van der Waals surface area contributed by atoms with E-state index in [1.54, 1.807) is 13.0 Å². The number of benzene rings is 2. The van der Waals surface area contributed by atoms with Crippen LogP contribution in [0.25, 0.3) is 0 Å². The predicted octanol–water partition coefficient (Wildman–Crippen LogP) is 4.28. The number of hydrogen-bond donors (Lipinski definition) is 1. The van der Waals surface area contributed by atoms with Gasteiger partial charge in [-0.05, 0) is 42.8 Å². The highest BCUT2D eigenvalue weighted by atomic mass is 35.5. The van der Waals surface area contributed by atoms with Crippen LogP contribution in [0.1, 0.15) is 15.9 Å². The Balaban J connectivity index is 2.26. The highest BCUT2D eigenvalue weighted by Crippen LogP contribution is 2.27. The van der Waals surface area contributed by atoms with Crippen molar-refractivity contribution in [3.05, 3.63) is 58.4 Å². The Morgan fingerprint density at radius 1 is 1.21 bits per heavy atom. The van der Waals surface area contributed by atoms with Crippen LogP contribution in [-0.4, -0.2) is 11.1 Å². The van der Waals surface area contributed by atoms with E-state index in [-0.39, 0.29) is 16.4 Å². The molecule has 0 spiro atoms. The van der Waals surface area contributed by atoms with Crippen molar-refractivity contribution in [2.75, 3.05) is 0 Å². The first-order valence-corrected chi connectivity index (χ1v) is 5.82. The van der Waals surface area contributed by atoms with Crippen molar-refractivity contribution in [1.82, 2.24) is 0 Å². The molecule has 0 fully saturated rings. The summed E-state index contributed by atoms with van der Waals surface area (Å²) in [5, 5.41) is 8.93. The lowest BCUT2D eigenvalue weighted by atomic mass is 10.2. The van der Waals surface area contributed by atoms with Crippen LogP contribution >= 0.6 is 11.6 Å². The van der Waals surface area contributed by atoms with Crippen molar-refractivity contribution in [2.24, 2.45) is 0 Å². The molecule has 0 atom stereocenters. The number of aryl methyl sites for hydroxylation is 1. The van der Waals surface area contributed by atoms with Crippen LogP contribution in [0.3, 0.4) is 0 Å². The first-order valence-electron chi connectivity index (χ1n) is 5.44. The van der Waals surface area contributed by atoms with E-state index in [0.717, 1.165) is 0 Å². The van der Waals surface area contributed by atoms with E-state index in [9.17, 15) is 9.18 Å². The summed E-state index contributed by atoms with van der Waals surface area (Å²) in [6.45, 7) is 1.63. The van der Waals surface area contributed by atoms with E-state index in [2.05, 4.69) is 0 Å². The van der Waals surface area contributed by atoms with Crippen LogP contribution in [0, 0.1) is 12.7 Å². The zero-order valence-corrected chi connectivity index (χ0v) is 10.7. The molecule has 0 amide bonds. The third kappa shape index (κ3) is 3.03. The summed E-state index contributed by atoms with van der Waals surface area (Å²) in [7, 11) is 0. The van der Waals surface area contributed by atoms with Gasteiger partial charge in [-0.25, -0.2) is 9.18 Å². The van der Waals surface area contributed by atoms with Gasteiger partial charge in [-0.2, -0.15) is 0 Å². The zero-order chi connectivity index (χ0) is 14.0. The van der Waals surface area contributed by atoms with Crippen molar-refractivity contribution in [3.63, 3.8) is 0 Å². The minimum Gasteiger partial charge on any atom is -0.478 e. The van der Waals surface area contributed by atoms with E-state index >= 15 is 0 Å². The number of carboxylic acid groups (broad SMARTS) is 1. The average molecular weight is 281 g/mol. The molecule has 19 heavy (non-hydrogen) atoms. The molecule has 0 radical (unpaired) electrons. The Morgan fingerprint density at radius 3 is 2.42 bits per heavy atom. The predicted molar refractivity (Wildman–Crippen MR) is 69.6 cm³/mol. The molecule has 98 valence electrons. The molecule has 2 aromatic rings. The molecule has 3 nitrogen and oxygen atoms in total. The molecule has 1 N–H and O–H groups in total. The van der Waals surface area contributed by atoms with Crippen molar-refractivity contribution in [3.8, 4) is 11.5 Å². The second-order valence-electron chi connectivity index (χ2n) is 3.96. The van der Waals surface area contributed by atoms with Gasteiger partial charge in [0.2, 0.25) is 0 Å². The van der Waals surface area contributed by atoms with E-state index < -0.39 is 5.97 Å². The minimum absolute atomic E-state index is 0.00398. The Labute approximate surface area is 114 Å². The summed E-state index contributed by atoms with van der Waals surface area (Å²) < 4.78 is 18.6. The van der Waals surface area contributed by atoms with Gasteiger partial charge >= 0.3 is 5.97 Å². The van der Waals surface area contributed by atoms with Crippen molar-refractivity contribution >= 4 is 17.6 Å². The van der Waals surface area contributed by atoms with Crippen molar-refractivity contribution in [1.29, 1.82) is 0 Å². The van der Waals surface area contributed by atoms with Crippen molar-refractivity contribution < 1.29 is 19.0 Å². The molecule has 5 heteroatoms. The smallest absolute Gasteiger partial charge is 0.337 e. The molecule has 0 bridgehead atoms. The number of carboxylic acids is 1. The second-order valence-corrected chi connectivity index (χ2v) is 4.37. The average Bonchev–Trinajstić information content (AvgIpc) is 2.33. The molecule has 2 aromatic carbocycles. The van der Waals surface area contributed by atoms with Crippen LogP contribution in [0.4, 0.5) is 4.39 Å². The maximum atomic E-state index is 13.1. The summed E-state index contributed by atoms with van der Waals surface area (Å²) in [6.07, 6.45) is 0. The number of halogens is 2. The van der Waals surface area contributed by atoms with Crippen LogP contribution in [0.5, 0.6) is 11.5 Å². The third-order valence-electron chi connectivity index (χ3n) is 2.54. The van der Waals surface area contributed by atoms with Crippen LogP contribution in [-0.2, 0) is 0 Å². The molecular formula is C14H10ClFO3. The quantitative estimate of drug-likeness (QED) is 0.913. The maximum Gasteiger partial charge on any atom is 0.337 e. The molecular weight excluding hydrogens is 271 g/mol. The summed E-state index contributed by atoms with van der Waals surface area (Å²) in [5.41, 5.74) is 0.468. The third-order valence-corrected chi connectivity index (χ3v) is 2.85. The minimum atomic E-state index is -1.10. The first kappa shape index (κ1) is 13.4. The number of hydrogen-bond acceptors (Lipinski definition) is 2. The first-order chi connectivity index (χ1) is 8.97. The summed E-state index contributed by atoms with van der Waals surface area (Å²) in [6, 6.07) is 8.60. The van der Waals surface area contributed by atoms with E-state index in [4.69, 9.17) is 21.4 Å². The van der Waals surface area contributed by atoms with Crippen LogP contribution in [0.2, 0.25) is 5.02 Å². The summed E-state index contributed by atoms with van der Waals surface area (Å²) >= 11 is 5.83. The number of aromatic carboxylic acids is 1. The van der Waals surface area contributed by atoms with Gasteiger partial charge in [-0.3, -0.25) is 0 Å². The zero-order valence-electron chi connectivity index (χ0n) is 9.98. The normalized spacial score (nSPS) is 10.3. The van der Waals surface area contributed by atoms with Gasteiger partial charge in [0.05, 0.1) is 10.6 Å². The molecule has 0 unspecified atom stereocenters. The topological polar surface area (TPSA) is 46.5 Å². The van der Waals surface area contributed by atoms with E-state index in [0.29, 0.717) is 17.1 Å². The highest BCUT2D eigenvalue weighted by molar-refractivity contribution is 6.33. The molecule has 2 rings (SSSR count). The maximum absolute atomic E-state index is 13.1. The monoisotopic (exact) mass is 280 g/mol. The fourth-order valence-electron chi connectivity index (χ4n) is 1.55. The molecule has 0 aliphatic rings. The standard InChI is InChI=1S/C14H10ClFO3/c1-8-6-9(3-5-13(8)16)19-10-2-4-11(14(17)18)12(15)7-10/h2-7H,1H3,(H,17,18). The molecule has 0 aliphatic heterocycles. The summed E-state index contributed by atoms with van der Waals surface area (Å²) in [4.78, 5) is 10.8. The highest BCUT2D eigenvalue weighted by Gasteiger charge is 2.10. The molecule has 0 aromatic heterocycles. The van der Waals surface area contributed by atoms with Crippen molar-refractivity contribution in [2.45, 2.75) is 6.92 Å². The number of ether oxygens (including phenoxy) is 1. The van der Waals surface area contributed by atoms with Gasteiger partial charge in [0.15, 0.2) is 0 Å². The van der Waals surface area contributed by atoms with E-state index in [1.165, 1.54) is 30.3 Å². The van der Waals surface area contributed by atoms with Gasteiger partial charge < -0.3 is 9.84 Å². The fourth-order valence-corrected chi connectivity index (χ4v) is 1.80. The Morgan fingerprint density at radius 2 is 1.84 bits per heavy atom. The SMILES string of the molecule is Cc1cc(Oc2ccc(C(=O)O)c(Cl)c2)ccc1F. The lowest BCUT2D eigenvalue weighted by Crippen LogP contribution is -1.97. The van der Waals surface area contributed by atoms with Gasteiger partial charge in [0.25, 0.3) is 0 Å². The van der Waals surface area contributed by atoms with Crippen LogP contribution < -0.4 is 4.74 Å².